The third-order valence-corrected chi connectivity index (χ3v) is 6.35. The van der Waals surface area contributed by atoms with Crippen LogP contribution in [-0.2, 0) is 9.47 Å². The highest BCUT2D eigenvalue weighted by atomic mass is 16.7. The standard InChI is InChI=1S/C27H36O13/c1-35-17-11-15(6-7-16(17)31)25(40-27-24(34)23(33)22(32)20(12-29)39-27)21(13-30)38-26-18(36-2)9-14(5-4-8-28)10-19(26)37-3/h4-7,9-11,20-25,27-34H,8,12-13H2,1-3H3/b5-4+/t20-,21+,22-,23+,24-,25-,27+/m1/s1. The summed E-state index contributed by atoms with van der Waals surface area (Å²) >= 11 is 0. The summed E-state index contributed by atoms with van der Waals surface area (Å²) in [5, 5.41) is 70.3. The van der Waals surface area contributed by atoms with Crippen LogP contribution in [0.2, 0.25) is 0 Å². The van der Waals surface area contributed by atoms with Crippen molar-refractivity contribution in [3.8, 4) is 28.7 Å². The number of methoxy groups -OCH3 is 3. The number of benzene rings is 2. The zero-order valence-corrected chi connectivity index (χ0v) is 22.3. The number of aliphatic hydroxyl groups excluding tert-OH is 6. The van der Waals surface area contributed by atoms with Crippen LogP contribution in [0.3, 0.4) is 0 Å². The molecule has 1 fully saturated rings. The van der Waals surface area contributed by atoms with Crippen LogP contribution in [0.5, 0.6) is 28.7 Å². The zero-order valence-electron chi connectivity index (χ0n) is 22.3. The molecule has 0 aromatic heterocycles. The normalized spacial score (nSPS) is 24.5. The molecule has 7 atom stereocenters. The van der Waals surface area contributed by atoms with E-state index in [1.54, 1.807) is 18.2 Å². The molecule has 0 bridgehead atoms. The second-order valence-corrected chi connectivity index (χ2v) is 8.86. The summed E-state index contributed by atoms with van der Waals surface area (Å²) < 4.78 is 33.9. The lowest BCUT2D eigenvalue weighted by atomic mass is 9.98. The van der Waals surface area contributed by atoms with Crippen molar-refractivity contribution in [3.05, 3.63) is 47.5 Å². The number of hydrogen-bond donors (Lipinski definition) is 7. The second kappa shape index (κ2) is 14.5. The first-order valence-electron chi connectivity index (χ1n) is 12.4. The molecule has 1 saturated heterocycles. The van der Waals surface area contributed by atoms with Gasteiger partial charge in [-0.1, -0.05) is 18.2 Å². The summed E-state index contributed by atoms with van der Waals surface area (Å²) in [4.78, 5) is 0. The number of hydrogen-bond acceptors (Lipinski definition) is 13. The monoisotopic (exact) mass is 568 g/mol. The van der Waals surface area contributed by atoms with Crippen LogP contribution < -0.4 is 18.9 Å². The van der Waals surface area contributed by atoms with E-state index in [1.165, 1.54) is 45.6 Å². The Balaban J connectivity index is 2.06. The molecule has 0 unspecified atom stereocenters. The van der Waals surface area contributed by atoms with Crippen LogP contribution in [0.25, 0.3) is 6.08 Å². The third kappa shape index (κ3) is 6.95. The van der Waals surface area contributed by atoms with E-state index in [2.05, 4.69) is 0 Å². The Labute approximate surface area is 231 Å². The van der Waals surface area contributed by atoms with Crippen molar-refractivity contribution in [1.29, 1.82) is 0 Å². The van der Waals surface area contributed by atoms with Gasteiger partial charge in [0, 0.05) is 0 Å². The number of phenols is 1. The van der Waals surface area contributed by atoms with Gasteiger partial charge in [0.05, 0.1) is 41.2 Å². The number of rotatable bonds is 13. The van der Waals surface area contributed by atoms with Gasteiger partial charge in [-0.2, -0.15) is 0 Å². The summed E-state index contributed by atoms with van der Waals surface area (Å²) in [7, 11) is 4.15. The number of ether oxygens (including phenoxy) is 6. The Morgan fingerprint density at radius 2 is 1.52 bits per heavy atom. The molecule has 0 amide bonds. The minimum atomic E-state index is -1.74. The molecule has 2 aromatic carbocycles. The van der Waals surface area contributed by atoms with Crippen molar-refractivity contribution in [2.24, 2.45) is 0 Å². The molecule has 222 valence electrons. The Morgan fingerprint density at radius 3 is 2.08 bits per heavy atom. The van der Waals surface area contributed by atoms with E-state index < -0.39 is 56.1 Å². The smallest absolute Gasteiger partial charge is 0.204 e. The Bertz CT molecular complexity index is 1100. The van der Waals surface area contributed by atoms with Gasteiger partial charge in [-0.05, 0) is 35.4 Å². The quantitative estimate of drug-likeness (QED) is 0.167. The molecule has 13 nitrogen and oxygen atoms in total. The van der Waals surface area contributed by atoms with Gasteiger partial charge in [0.25, 0.3) is 0 Å². The zero-order chi connectivity index (χ0) is 29.4. The van der Waals surface area contributed by atoms with Gasteiger partial charge in [0.15, 0.2) is 35.4 Å². The molecule has 0 saturated carbocycles. The summed E-state index contributed by atoms with van der Waals surface area (Å²) in [6, 6.07) is 7.46. The molecule has 40 heavy (non-hydrogen) atoms. The van der Waals surface area contributed by atoms with E-state index in [9.17, 15) is 30.6 Å². The molecule has 1 aliphatic heterocycles. The molecule has 1 heterocycles. The first-order chi connectivity index (χ1) is 19.2. The highest BCUT2D eigenvalue weighted by Crippen LogP contribution is 2.42. The lowest BCUT2D eigenvalue weighted by Crippen LogP contribution is -2.59. The van der Waals surface area contributed by atoms with Crippen LogP contribution in [0.15, 0.2) is 36.4 Å². The van der Waals surface area contributed by atoms with Crippen molar-refractivity contribution in [2.75, 3.05) is 41.2 Å². The van der Waals surface area contributed by atoms with Crippen LogP contribution in [0.1, 0.15) is 17.2 Å². The second-order valence-electron chi connectivity index (χ2n) is 8.86. The van der Waals surface area contributed by atoms with Gasteiger partial charge in [-0.25, -0.2) is 0 Å². The predicted molar refractivity (Wildman–Crippen MR) is 139 cm³/mol. The highest BCUT2D eigenvalue weighted by Gasteiger charge is 2.46. The molecular formula is C27H36O13. The maximum Gasteiger partial charge on any atom is 0.204 e. The summed E-state index contributed by atoms with van der Waals surface area (Å²) in [5.74, 6) is 0.454. The molecule has 2 aromatic rings. The molecule has 0 aliphatic carbocycles. The number of aliphatic hydroxyl groups is 6. The van der Waals surface area contributed by atoms with Crippen LogP contribution in [-0.4, -0.2) is 114 Å². The predicted octanol–water partition coefficient (Wildman–Crippen LogP) is -0.279. The van der Waals surface area contributed by atoms with Crippen LogP contribution >= 0.6 is 0 Å². The SMILES string of the molecule is COc1cc([C@@H](O[C@@H]2O[C@H](CO)[C@@H](O)[C@H](O)[C@H]2O)[C@H](CO)Oc2c(OC)cc(/C=C/CO)cc2OC)ccc1O. The molecule has 0 spiro atoms. The molecule has 7 N–H and O–H groups in total. The summed E-state index contributed by atoms with van der Waals surface area (Å²) in [5.41, 5.74) is 0.944. The van der Waals surface area contributed by atoms with Crippen molar-refractivity contribution >= 4 is 6.08 Å². The first kappa shape index (κ1) is 31.4. The van der Waals surface area contributed by atoms with E-state index in [0.29, 0.717) is 11.1 Å². The molecule has 13 heteroatoms. The van der Waals surface area contributed by atoms with Crippen LogP contribution in [0.4, 0.5) is 0 Å². The fourth-order valence-electron chi connectivity index (χ4n) is 4.22. The molecule has 1 aliphatic rings. The molecule has 0 radical (unpaired) electrons. The number of aromatic hydroxyl groups is 1. The van der Waals surface area contributed by atoms with Crippen molar-refractivity contribution in [2.45, 2.75) is 42.9 Å². The minimum Gasteiger partial charge on any atom is -0.504 e. The van der Waals surface area contributed by atoms with Crippen molar-refractivity contribution in [1.82, 2.24) is 0 Å². The first-order valence-corrected chi connectivity index (χ1v) is 12.4. The van der Waals surface area contributed by atoms with E-state index in [-0.39, 0.29) is 35.4 Å². The Morgan fingerprint density at radius 1 is 0.875 bits per heavy atom. The maximum absolute atomic E-state index is 10.6. The van der Waals surface area contributed by atoms with Gasteiger partial charge in [0.1, 0.15) is 30.5 Å². The topological polar surface area (TPSA) is 197 Å². The summed E-state index contributed by atoms with van der Waals surface area (Å²) in [6.07, 6.45) is -7.19. The van der Waals surface area contributed by atoms with Gasteiger partial charge in [0.2, 0.25) is 5.75 Å². The molecule has 3 rings (SSSR count). The van der Waals surface area contributed by atoms with Crippen LogP contribution in [0, 0.1) is 0 Å². The lowest BCUT2D eigenvalue weighted by Gasteiger charge is -2.41. The average molecular weight is 569 g/mol. The largest absolute Gasteiger partial charge is 0.504 e. The van der Waals surface area contributed by atoms with Gasteiger partial charge in [-0.15, -0.1) is 0 Å². The average Bonchev–Trinajstić information content (AvgIpc) is 2.97. The van der Waals surface area contributed by atoms with Gasteiger partial charge in [-0.3, -0.25) is 0 Å². The summed E-state index contributed by atoms with van der Waals surface area (Å²) in [6.45, 7) is -1.50. The van der Waals surface area contributed by atoms with Gasteiger partial charge >= 0.3 is 0 Å². The highest BCUT2D eigenvalue weighted by molar-refractivity contribution is 5.62. The van der Waals surface area contributed by atoms with Crippen molar-refractivity contribution < 1.29 is 64.2 Å². The Hall–Kier alpha value is -3.14. The van der Waals surface area contributed by atoms with E-state index in [4.69, 9.17) is 33.5 Å². The van der Waals surface area contributed by atoms with E-state index in [1.807, 2.05) is 0 Å². The van der Waals surface area contributed by atoms with E-state index >= 15 is 0 Å². The fraction of sp³-hybridized carbons (Fsp3) is 0.481. The van der Waals surface area contributed by atoms with E-state index in [0.717, 1.165) is 0 Å². The minimum absolute atomic E-state index is 0.0757. The van der Waals surface area contributed by atoms with Gasteiger partial charge < -0.3 is 64.2 Å². The third-order valence-electron chi connectivity index (χ3n) is 6.35. The lowest BCUT2D eigenvalue weighted by molar-refractivity contribution is -0.318. The van der Waals surface area contributed by atoms with Crippen molar-refractivity contribution in [3.63, 3.8) is 0 Å². The Kier molecular flexibility index (Phi) is 11.4. The molecular weight excluding hydrogens is 532 g/mol. The fourth-order valence-corrected chi connectivity index (χ4v) is 4.22. The number of phenolic OH excluding ortho intramolecular Hbond substituents is 1. The maximum atomic E-state index is 10.6.